The Labute approximate surface area is 232 Å². The van der Waals surface area contributed by atoms with E-state index in [1.54, 1.807) is 12.1 Å². The van der Waals surface area contributed by atoms with Crippen molar-refractivity contribution in [1.29, 1.82) is 0 Å². The van der Waals surface area contributed by atoms with Crippen LogP contribution < -0.4 is 10.1 Å². The number of aliphatic carboxylic acids is 1. The van der Waals surface area contributed by atoms with Gasteiger partial charge in [-0.25, -0.2) is 4.79 Å². The van der Waals surface area contributed by atoms with E-state index >= 15 is 0 Å². The number of rotatable bonds is 16. The first-order valence-electron chi connectivity index (χ1n) is 13.1. The first-order chi connectivity index (χ1) is 18.3. The summed E-state index contributed by atoms with van der Waals surface area (Å²) in [7, 11) is 0. The van der Waals surface area contributed by atoms with E-state index in [0.29, 0.717) is 22.6 Å². The molecule has 5 nitrogen and oxygen atoms in total. The third-order valence-corrected chi connectivity index (χ3v) is 6.93. The van der Waals surface area contributed by atoms with Gasteiger partial charge in [-0.05, 0) is 71.6 Å². The number of thioether (sulfide) groups is 1. The Morgan fingerprint density at radius 3 is 2.21 bits per heavy atom. The molecule has 6 heteroatoms. The van der Waals surface area contributed by atoms with Gasteiger partial charge in [0.15, 0.2) is 0 Å². The van der Waals surface area contributed by atoms with E-state index in [1.165, 1.54) is 28.5 Å². The van der Waals surface area contributed by atoms with Crippen LogP contribution in [0.15, 0.2) is 89.5 Å². The Morgan fingerprint density at radius 2 is 1.53 bits per heavy atom. The lowest BCUT2D eigenvalue weighted by atomic mass is 10.1. The largest absolute Gasteiger partial charge is 0.489 e. The van der Waals surface area contributed by atoms with E-state index in [1.807, 2.05) is 42.5 Å². The molecule has 0 aliphatic heterocycles. The van der Waals surface area contributed by atoms with Crippen molar-refractivity contribution in [1.82, 2.24) is 5.32 Å². The van der Waals surface area contributed by atoms with Crippen LogP contribution in [0.3, 0.4) is 0 Å². The van der Waals surface area contributed by atoms with E-state index in [0.717, 1.165) is 25.7 Å². The molecular weight excluding hydrogens is 494 g/mol. The smallest absolute Gasteiger partial charge is 0.327 e. The minimum atomic E-state index is -1.04. The molecule has 0 aliphatic rings. The third kappa shape index (κ3) is 12.3. The topological polar surface area (TPSA) is 75.6 Å². The number of carbonyl (C=O) groups excluding carboxylic acids is 1. The molecule has 204 valence electrons. The average molecular weight is 536 g/mol. The van der Waals surface area contributed by atoms with Gasteiger partial charge in [0.05, 0.1) is 0 Å². The van der Waals surface area contributed by atoms with Gasteiger partial charge in [-0.15, -0.1) is 0 Å². The van der Waals surface area contributed by atoms with Gasteiger partial charge in [0.1, 0.15) is 18.4 Å². The molecule has 1 amide bonds. The van der Waals surface area contributed by atoms with Crippen LogP contribution in [0.25, 0.3) is 0 Å². The molecule has 2 aromatic carbocycles. The standard InChI is InChI=1S/C32H41NO4S/c1-24(2)12-10-13-25(3)14-11-15-26(4)20-21-38-23-30(32(35)36)33-31(34)29-19-9-8-16-27(29)22-37-28-17-6-5-7-18-28/h5-9,12,14,16-20,30H,10-11,13,15,21-23H2,1-4H3,(H,33,34)(H,35,36)/b25-14+,26-20+/t30-/m0/s1. The summed E-state index contributed by atoms with van der Waals surface area (Å²) in [6, 6.07) is 15.5. The zero-order chi connectivity index (χ0) is 27.8. The highest BCUT2D eigenvalue weighted by Gasteiger charge is 2.22. The van der Waals surface area contributed by atoms with Crippen molar-refractivity contribution in [3.63, 3.8) is 0 Å². The minimum Gasteiger partial charge on any atom is -0.489 e. The monoisotopic (exact) mass is 535 g/mol. The molecule has 0 radical (unpaired) electrons. The summed E-state index contributed by atoms with van der Waals surface area (Å²) >= 11 is 1.50. The van der Waals surface area contributed by atoms with Gasteiger partial charge in [0, 0.05) is 22.6 Å². The molecular formula is C32H41NO4S. The number of carboxylic acids is 1. The van der Waals surface area contributed by atoms with Gasteiger partial charge >= 0.3 is 5.97 Å². The Hall–Kier alpha value is -3.25. The van der Waals surface area contributed by atoms with Gasteiger partial charge in [-0.1, -0.05) is 71.3 Å². The molecule has 0 unspecified atom stereocenters. The molecule has 1 atom stereocenters. The van der Waals surface area contributed by atoms with Crippen molar-refractivity contribution in [3.8, 4) is 5.75 Å². The summed E-state index contributed by atoms with van der Waals surface area (Å²) in [6.45, 7) is 8.76. The second kappa shape index (κ2) is 17.3. The zero-order valence-corrected chi connectivity index (χ0v) is 23.9. The number of allylic oxidation sites excluding steroid dienone is 5. The van der Waals surface area contributed by atoms with Crippen LogP contribution in [0, 0.1) is 0 Å². The number of carboxylic acid groups (broad SMARTS) is 1. The minimum absolute atomic E-state index is 0.217. The maximum Gasteiger partial charge on any atom is 0.327 e. The quantitative estimate of drug-likeness (QED) is 0.171. The fourth-order valence-corrected chi connectivity index (χ4v) is 4.68. The van der Waals surface area contributed by atoms with E-state index in [-0.39, 0.29) is 12.4 Å². The number of hydrogen-bond acceptors (Lipinski definition) is 4. The number of hydrogen-bond donors (Lipinski definition) is 2. The molecule has 0 saturated carbocycles. The summed E-state index contributed by atoms with van der Waals surface area (Å²) in [6.07, 6.45) is 10.9. The van der Waals surface area contributed by atoms with Gasteiger partial charge in [0.2, 0.25) is 0 Å². The van der Waals surface area contributed by atoms with E-state index in [9.17, 15) is 14.7 Å². The summed E-state index contributed by atoms with van der Waals surface area (Å²) in [5.41, 5.74) is 5.18. The highest BCUT2D eigenvalue weighted by molar-refractivity contribution is 7.99. The van der Waals surface area contributed by atoms with Gasteiger partial charge in [-0.3, -0.25) is 4.79 Å². The molecule has 0 saturated heterocycles. The Kier molecular flexibility index (Phi) is 14.1. The SMILES string of the molecule is CC(C)=CCC/C(C)=C/CC/C(C)=C/CSC[C@H](NC(=O)c1ccccc1COc1ccccc1)C(=O)O. The highest BCUT2D eigenvalue weighted by atomic mass is 32.2. The number of carbonyl (C=O) groups is 2. The fraction of sp³-hybridized carbons (Fsp3) is 0.375. The van der Waals surface area contributed by atoms with Crippen LogP contribution in [0.4, 0.5) is 0 Å². The first kappa shape index (κ1) is 31.0. The molecule has 0 spiro atoms. The number of benzene rings is 2. The average Bonchev–Trinajstić information content (AvgIpc) is 2.89. The van der Waals surface area contributed by atoms with Crippen LogP contribution in [0.2, 0.25) is 0 Å². The van der Waals surface area contributed by atoms with Gasteiger partial charge in [0.25, 0.3) is 5.91 Å². The Balaban J connectivity index is 1.82. The maximum atomic E-state index is 12.9. The number of ether oxygens (including phenoxy) is 1. The molecule has 2 aromatic rings. The molecule has 0 bridgehead atoms. The van der Waals surface area contributed by atoms with Crippen molar-refractivity contribution in [2.75, 3.05) is 11.5 Å². The van der Waals surface area contributed by atoms with Crippen LogP contribution in [-0.2, 0) is 11.4 Å². The van der Waals surface area contributed by atoms with Gasteiger partial charge in [-0.2, -0.15) is 11.8 Å². The molecule has 0 aliphatic carbocycles. The van der Waals surface area contributed by atoms with Crippen molar-refractivity contribution in [2.24, 2.45) is 0 Å². The van der Waals surface area contributed by atoms with E-state index in [4.69, 9.17) is 4.74 Å². The highest BCUT2D eigenvalue weighted by Crippen LogP contribution is 2.16. The van der Waals surface area contributed by atoms with Crippen LogP contribution in [-0.4, -0.2) is 34.5 Å². The first-order valence-corrected chi connectivity index (χ1v) is 14.2. The van der Waals surface area contributed by atoms with Crippen LogP contribution in [0.1, 0.15) is 69.3 Å². The number of nitrogens with one attached hydrogen (secondary N) is 1. The predicted octanol–water partition coefficient (Wildman–Crippen LogP) is 7.60. The van der Waals surface area contributed by atoms with Crippen LogP contribution >= 0.6 is 11.8 Å². The van der Waals surface area contributed by atoms with Crippen molar-refractivity contribution in [2.45, 2.75) is 66.0 Å². The molecule has 0 aromatic heterocycles. The molecule has 0 heterocycles. The lowest BCUT2D eigenvalue weighted by Crippen LogP contribution is -2.43. The van der Waals surface area contributed by atoms with E-state index in [2.05, 4.69) is 51.2 Å². The third-order valence-electron chi connectivity index (χ3n) is 5.96. The number of para-hydroxylation sites is 1. The normalized spacial score (nSPS) is 12.5. The summed E-state index contributed by atoms with van der Waals surface area (Å²) in [5.74, 6) is 0.242. The van der Waals surface area contributed by atoms with Gasteiger partial charge < -0.3 is 15.2 Å². The number of amides is 1. The summed E-state index contributed by atoms with van der Waals surface area (Å²) in [5, 5.41) is 12.4. The fourth-order valence-electron chi connectivity index (χ4n) is 3.68. The van der Waals surface area contributed by atoms with Crippen molar-refractivity contribution in [3.05, 3.63) is 101 Å². The Morgan fingerprint density at radius 1 is 0.895 bits per heavy atom. The molecule has 2 N–H and O–H groups in total. The van der Waals surface area contributed by atoms with Crippen LogP contribution in [0.5, 0.6) is 5.75 Å². The second-order valence-electron chi connectivity index (χ2n) is 9.62. The Bertz CT molecular complexity index is 1120. The second-order valence-corrected chi connectivity index (χ2v) is 10.7. The molecule has 38 heavy (non-hydrogen) atoms. The van der Waals surface area contributed by atoms with Crippen molar-refractivity contribution >= 4 is 23.6 Å². The van der Waals surface area contributed by atoms with E-state index < -0.39 is 17.9 Å². The van der Waals surface area contributed by atoms with Crippen molar-refractivity contribution < 1.29 is 19.4 Å². The molecule has 0 fully saturated rings. The summed E-state index contributed by atoms with van der Waals surface area (Å²) in [4.78, 5) is 24.8. The lowest BCUT2D eigenvalue weighted by Gasteiger charge is -2.16. The maximum absolute atomic E-state index is 12.9. The lowest BCUT2D eigenvalue weighted by molar-refractivity contribution is -0.138. The summed E-state index contributed by atoms with van der Waals surface area (Å²) < 4.78 is 5.79. The predicted molar refractivity (Wildman–Crippen MR) is 159 cm³/mol. The zero-order valence-electron chi connectivity index (χ0n) is 23.0. The molecule has 2 rings (SSSR count).